The second kappa shape index (κ2) is 5.76. The van der Waals surface area contributed by atoms with Crippen molar-refractivity contribution in [2.75, 3.05) is 26.3 Å². The Balaban J connectivity index is 1.95. The summed E-state index contributed by atoms with van der Waals surface area (Å²) in [5.41, 5.74) is 0.110. The number of amides is 3. The van der Waals surface area contributed by atoms with Crippen LogP contribution in [0.2, 0.25) is 0 Å². The molecule has 1 aliphatic rings. The molecule has 9 heteroatoms. The van der Waals surface area contributed by atoms with Gasteiger partial charge in [-0.2, -0.15) is 0 Å². The molecular formula is C10H11N3O5S. The number of carbonyl (C=O) groups excluding carboxylic acids is 2. The van der Waals surface area contributed by atoms with Gasteiger partial charge >= 0.3 is 11.0 Å². The predicted molar refractivity (Wildman–Crippen MR) is 66.2 cm³/mol. The van der Waals surface area contributed by atoms with E-state index in [1.807, 2.05) is 0 Å². The molecule has 1 saturated heterocycles. The van der Waals surface area contributed by atoms with Crippen molar-refractivity contribution in [2.24, 2.45) is 0 Å². The van der Waals surface area contributed by atoms with Gasteiger partial charge in [0.05, 0.1) is 23.7 Å². The van der Waals surface area contributed by atoms with Gasteiger partial charge in [-0.3, -0.25) is 20.2 Å². The third-order valence-corrected chi connectivity index (χ3v) is 3.43. The van der Waals surface area contributed by atoms with E-state index in [0.717, 1.165) is 17.4 Å². The van der Waals surface area contributed by atoms with Crippen LogP contribution in [0.25, 0.3) is 0 Å². The number of nitrogens with zero attached hydrogens (tertiary/aromatic N) is 2. The predicted octanol–water partition coefficient (Wildman–Crippen LogP) is 0.838. The Kier molecular flexibility index (Phi) is 4.07. The summed E-state index contributed by atoms with van der Waals surface area (Å²) >= 11 is 0.844. The number of ether oxygens (including phenoxy) is 1. The van der Waals surface area contributed by atoms with Gasteiger partial charge in [-0.1, -0.05) is 11.3 Å². The fourth-order valence-electron chi connectivity index (χ4n) is 1.55. The molecule has 1 fully saturated rings. The van der Waals surface area contributed by atoms with Gasteiger partial charge in [-0.15, -0.1) is 0 Å². The van der Waals surface area contributed by atoms with Gasteiger partial charge < -0.3 is 9.64 Å². The van der Waals surface area contributed by atoms with E-state index in [-0.39, 0.29) is 10.6 Å². The van der Waals surface area contributed by atoms with E-state index in [0.29, 0.717) is 26.3 Å². The maximum Gasteiger partial charge on any atom is 0.324 e. The van der Waals surface area contributed by atoms with Crippen molar-refractivity contribution in [1.29, 1.82) is 0 Å². The molecule has 0 radical (unpaired) electrons. The number of carbonyl (C=O) groups is 2. The van der Waals surface area contributed by atoms with E-state index in [1.165, 1.54) is 10.3 Å². The Bertz CT molecular complexity index is 509. The maximum atomic E-state index is 11.7. The third-order valence-electron chi connectivity index (χ3n) is 2.55. The van der Waals surface area contributed by atoms with E-state index in [2.05, 4.69) is 5.32 Å². The lowest BCUT2D eigenvalue weighted by molar-refractivity contribution is -0.380. The van der Waals surface area contributed by atoms with Crippen LogP contribution in [0, 0.1) is 10.1 Å². The number of thiophene rings is 1. The Morgan fingerprint density at radius 3 is 2.68 bits per heavy atom. The monoisotopic (exact) mass is 285 g/mol. The number of hydrogen-bond donors (Lipinski definition) is 1. The fraction of sp³-hybridized carbons (Fsp3) is 0.400. The highest BCUT2D eigenvalue weighted by molar-refractivity contribution is 7.13. The van der Waals surface area contributed by atoms with Crippen LogP contribution in [0.4, 0.5) is 9.80 Å². The second-order valence-electron chi connectivity index (χ2n) is 3.79. The van der Waals surface area contributed by atoms with Gasteiger partial charge in [0.25, 0.3) is 5.91 Å². The number of nitro groups is 1. The molecule has 0 aromatic carbocycles. The standard InChI is InChI=1S/C10H11N3O5S/c14-9(7-5-8(13(16)17)19-6-7)11-10(15)12-1-3-18-4-2-12/h5-6H,1-4H2,(H,11,14,15). The highest BCUT2D eigenvalue weighted by Crippen LogP contribution is 2.22. The summed E-state index contributed by atoms with van der Waals surface area (Å²) in [5, 5.41) is 13.9. The van der Waals surface area contributed by atoms with Crippen LogP contribution in [0.5, 0.6) is 0 Å². The molecule has 0 atom stereocenters. The second-order valence-corrected chi connectivity index (χ2v) is 4.68. The Morgan fingerprint density at radius 2 is 2.11 bits per heavy atom. The molecular weight excluding hydrogens is 274 g/mol. The van der Waals surface area contributed by atoms with Crippen LogP contribution >= 0.6 is 11.3 Å². The van der Waals surface area contributed by atoms with E-state index in [1.54, 1.807) is 0 Å². The van der Waals surface area contributed by atoms with Gasteiger partial charge in [0.2, 0.25) is 0 Å². The topological polar surface area (TPSA) is 102 Å². The van der Waals surface area contributed by atoms with Crippen molar-refractivity contribution in [3.05, 3.63) is 27.1 Å². The van der Waals surface area contributed by atoms with Crippen molar-refractivity contribution in [1.82, 2.24) is 10.2 Å². The molecule has 0 aliphatic carbocycles. The van der Waals surface area contributed by atoms with E-state index in [4.69, 9.17) is 4.74 Å². The molecule has 19 heavy (non-hydrogen) atoms. The summed E-state index contributed by atoms with van der Waals surface area (Å²) in [5.74, 6) is -0.638. The number of hydrogen-bond acceptors (Lipinski definition) is 6. The van der Waals surface area contributed by atoms with E-state index in [9.17, 15) is 19.7 Å². The number of urea groups is 1. The number of nitrogens with one attached hydrogen (secondary N) is 1. The van der Waals surface area contributed by atoms with Gasteiger partial charge in [-0.05, 0) is 0 Å². The minimum absolute atomic E-state index is 0.110. The fourth-order valence-corrected chi connectivity index (χ4v) is 2.26. The molecule has 3 amide bonds. The van der Waals surface area contributed by atoms with Gasteiger partial charge in [0, 0.05) is 24.5 Å². The van der Waals surface area contributed by atoms with Crippen molar-refractivity contribution < 1.29 is 19.2 Å². The zero-order valence-electron chi connectivity index (χ0n) is 9.83. The Labute approximate surface area is 112 Å². The molecule has 1 aromatic rings. The molecule has 0 saturated carbocycles. The van der Waals surface area contributed by atoms with Crippen LogP contribution < -0.4 is 5.32 Å². The number of morpholine rings is 1. The molecule has 8 nitrogen and oxygen atoms in total. The van der Waals surface area contributed by atoms with Crippen molar-refractivity contribution in [2.45, 2.75) is 0 Å². The highest BCUT2D eigenvalue weighted by Gasteiger charge is 2.21. The molecule has 2 heterocycles. The van der Waals surface area contributed by atoms with Crippen molar-refractivity contribution in [3.8, 4) is 0 Å². The molecule has 0 unspecified atom stereocenters. The molecule has 1 N–H and O–H groups in total. The minimum atomic E-state index is -0.638. The largest absolute Gasteiger partial charge is 0.378 e. The quantitative estimate of drug-likeness (QED) is 0.640. The SMILES string of the molecule is O=C(NC(=O)N1CCOCC1)c1csc([N+](=O)[O-])c1. The summed E-state index contributed by atoms with van der Waals surface area (Å²) in [4.78, 5) is 34.8. The van der Waals surface area contributed by atoms with E-state index < -0.39 is 16.9 Å². The first-order valence-electron chi connectivity index (χ1n) is 5.49. The average Bonchev–Trinajstić information content (AvgIpc) is 2.89. The summed E-state index contributed by atoms with van der Waals surface area (Å²) in [6.07, 6.45) is 0. The zero-order chi connectivity index (χ0) is 13.8. The van der Waals surface area contributed by atoms with E-state index >= 15 is 0 Å². The number of imide groups is 1. The smallest absolute Gasteiger partial charge is 0.324 e. The van der Waals surface area contributed by atoms with Gasteiger partial charge in [0.1, 0.15) is 0 Å². The Hall–Kier alpha value is -2.00. The molecule has 0 bridgehead atoms. The molecule has 2 rings (SSSR count). The summed E-state index contributed by atoms with van der Waals surface area (Å²) in [6.45, 7) is 1.71. The summed E-state index contributed by atoms with van der Waals surface area (Å²) < 4.78 is 5.09. The van der Waals surface area contributed by atoms with Crippen LogP contribution in [-0.4, -0.2) is 48.1 Å². The molecule has 1 aliphatic heterocycles. The number of rotatable bonds is 2. The zero-order valence-corrected chi connectivity index (χ0v) is 10.6. The van der Waals surface area contributed by atoms with Gasteiger partial charge in [0.15, 0.2) is 0 Å². The van der Waals surface area contributed by atoms with Crippen LogP contribution in [0.15, 0.2) is 11.4 Å². The molecule has 1 aromatic heterocycles. The first kappa shape index (κ1) is 13.4. The first-order valence-corrected chi connectivity index (χ1v) is 6.37. The average molecular weight is 285 g/mol. The summed E-state index contributed by atoms with van der Waals surface area (Å²) in [6, 6.07) is 0.634. The maximum absolute atomic E-state index is 11.7. The third kappa shape index (κ3) is 3.26. The van der Waals surface area contributed by atoms with Crippen LogP contribution in [-0.2, 0) is 4.74 Å². The lowest BCUT2D eigenvalue weighted by Gasteiger charge is -2.26. The molecule has 0 spiro atoms. The van der Waals surface area contributed by atoms with Crippen molar-refractivity contribution in [3.63, 3.8) is 0 Å². The van der Waals surface area contributed by atoms with Gasteiger partial charge in [-0.25, -0.2) is 4.79 Å². The lowest BCUT2D eigenvalue weighted by atomic mass is 10.3. The summed E-state index contributed by atoms with van der Waals surface area (Å²) in [7, 11) is 0. The minimum Gasteiger partial charge on any atom is -0.378 e. The Morgan fingerprint density at radius 1 is 1.42 bits per heavy atom. The van der Waals surface area contributed by atoms with Crippen LogP contribution in [0.1, 0.15) is 10.4 Å². The first-order chi connectivity index (χ1) is 9.08. The van der Waals surface area contributed by atoms with Crippen molar-refractivity contribution >= 4 is 28.3 Å². The van der Waals surface area contributed by atoms with Crippen LogP contribution in [0.3, 0.4) is 0 Å². The normalized spacial score (nSPS) is 15.1. The lowest BCUT2D eigenvalue weighted by Crippen LogP contribution is -2.47. The molecule has 102 valence electrons. The highest BCUT2D eigenvalue weighted by atomic mass is 32.1.